The lowest BCUT2D eigenvalue weighted by Crippen LogP contribution is -2.46. The van der Waals surface area contributed by atoms with E-state index in [-0.39, 0.29) is 15.4 Å². The molecule has 30 heavy (non-hydrogen) atoms. The van der Waals surface area contributed by atoms with Crippen LogP contribution in [0.1, 0.15) is 33.6 Å². The van der Waals surface area contributed by atoms with Crippen LogP contribution in [0.2, 0.25) is 12.1 Å². The van der Waals surface area contributed by atoms with Gasteiger partial charge in [0.2, 0.25) is 0 Å². The van der Waals surface area contributed by atoms with Gasteiger partial charge in [0.1, 0.15) is 5.91 Å². The molecule has 0 rings (SSSR count). The highest BCUT2D eigenvalue weighted by Crippen LogP contribution is 2.17. The SMILES string of the molecule is CCO[Si](CCCNCCN)(OCC)OCC.COC(OC)[SiH2]CCCNCCN. The third-order valence-corrected chi connectivity index (χ3v) is 9.34. The molecule has 0 fully saturated rings. The minimum absolute atomic E-state index is 0.0921. The van der Waals surface area contributed by atoms with Crippen molar-refractivity contribution in [3.8, 4) is 0 Å². The van der Waals surface area contributed by atoms with Crippen molar-refractivity contribution in [3.63, 3.8) is 0 Å². The second-order valence-electron chi connectivity index (χ2n) is 6.56. The van der Waals surface area contributed by atoms with E-state index in [0.29, 0.717) is 26.4 Å². The zero-order chi connectivity index (χ0) is 22.9. The fraction of sp³-hybridized carbons (Fsp3) is 1.00. The van der Waals surface area contributed by atoms with Crippen LogP contribution in [0.3, 0.4) is 0 Å². The number of nitrogens with one attached hydrogen (secondary N) is 2. The molecule has 0 bridgehead atoms. The van der Waals surface area contributed by atoms with Crippen molar-refractivity contribution in [1.82, 2.24) is 10.6 Å². The van der Waals surface area contributed by atoms with E-state index in [1.54, 1.807) is 14.2 Å². The topological polar surface area (TPSA) is 122 Å². The maximum atomic E-state index is 5.76. The van der Waals surface area contributed by atoms with Gasteiger partial charge in [0.05, 0.1) is 9.52 Å². The summed E-state index contributed by atoms with van der Waals surface area (Å²) in [5.41, 5.74) is 10.8. The van der Waals surface area contributed by atoms with E-state index in [2.05, 4.69) is 10.6 Å². The molecular formula is C19H50N4O5Si2. The number of nitrogens with two attached hydrogens (primary N) is 2. The van der Waals surface area contributed by atoms with Gasteiger partial charge in [0.15, 0.2) is 0 Å². The number of methoxy groups -OCH3 is 2. The first-order chi connectivity index (χ1) is 14.6. The van der Waals surface area contributed by atoms with Crippen LogP contribution in [0.15, 0.2) is 0 Å². The van der Waals surface area contributed by atoms with Crippen LogP contribution in [-0.2, 0) is 22.8 Å². The highest BCUT2D eigenvalue weighted by Gasteiger charge is 2.39. The average Bonchev–Trinajstić information content (AvgIpc) is 2.74. The summed E-state index contributed by atoms with van der Waals surface area (Å²) in [5.74, 6) is 0.0921. The summed E-state index contributed by atoms with van der Waals surface area (Å²) < 4.78 is 27.5. The monoisotopic (exact) mass is 470 g/mol. The number of rotatable bonds is 21. The minimum Gasteiger partial charge on any atom is -0.374 e. The summed E-state index contributed by atoms with van der Waals surface area (Å²) in [5, 5.41) is 6.52. The van der Waals surface area contributed by atoms with Crippen LogP contribution in [0.4, 0.5) is 0 Å². The van der Waals surface area contributed by atoms with Crippen molar-refractivity contribution in [2.45, 2.75) is 51.6 Å². The van der Waals surface area contributed by atoms with Gasteiger partial charge >= 0.3 is 8.80 Å². The molecule has 0 aliphatic carbocycles. The second kappa shape index (κ2) is 25.3. The maximum Gasteiger partial charge on any atom is 0.500 e. The summed E-state index contributed by atoms with van der Waals surface area (Å²) in [4.78, 5) is 0. The lowest BCUT2D eigenvalue weighted by Gasteiger charge is -2.28. The van der Waals surface area contributed by atoms with Gasteiger partial charge in [-0.1, -0.05) is 6.04 Å². The highest BCUT2D eigenvalue weighted by atomic mass is 28.4. The summed E-state index contributed by atoms with van der Waals surface area (Å²) in [6, 6.07) is 2.12. The predicted molar refractivity (Wildman–Crippen MR) is 130 cm³/mol. The van der Waals surface area contributed by atoms with Crippen LogP contribution >= 0.6 is 0 Å². The van der Waals surface area contributed by atoms with Crippen molar-refractivity contribution in [2.24, 2.45) is 11.5 Å². The van der Waals surface area contributed by atoms with Crippen molar-refractivity contribution < 1.29 is 22.8 Å². The number of ether oxygens (including phenoxy) is 2. The molecule has 0 saturated heterocycles. The van der Waals surface area contributed by atoms with Gasteiger partial charge in [0, 0.05) is 66.3 Å². The van der Waals surface area contributed by atoms with Crippen molar-refractivity contribution in [2.75, 3.05) is 73.3 Å². The highest BCUT2D eigenvalue weighted by molar-refractivity contribution is 6.60. The molecule has 0 aromatic rings. The lowest BCUT2D eigenvalue weighted by atomic mass is 10.5. The largest absolute Gasteiger partial charge is 0.500 e. The van der Waals surface area contributed by atoms with Crippen LogP contribution in [0.25, 0.3) is 0 Å². The standard InChI is InChI=1S/C11H28N2O3Si.C8H22N2O2Si/c1-4-14-17(15-5-2,16-6-3)11-7-9-13-10-8-12;1-11-8(12-2)13-7-3-5-10-6-4-9/h13H,4-12H2,1-3H3;8,10H,3-7,9,13H2,1-2H3. The van der Waals surface area contributed by atoms with Gasteiger partial charge in [-0.2, -0.15) is 0 Å². The smallest absolute Gasteiger partial charge is 0.374 e. The molecule has 0 saturated carbocycles. The van der Waals surface area contributed by atoms with Crippen molar-refractivity contribution >= 4 is 18.3 Å². The van der Waals surface area contributed by atoms with E-state index in [9.17, 15) is 0 Å². The van der Waals surface area contributed by atoms with Gasteiger partial charge < -0.3 is 44.9 Å². The Bertz CT molecular complexity index is 316. The molecule has 0 aromatic heterocycles. The molecule has 0 unspecified atom stereocenters. The molecule has 9 nitrogen and oxygen atoms in total. The van der Waals surface area contributed by atoms with E-state index in [1.807, 2.05) is 20.8 Å². The quantitative estimate of drug-likeness (QED) is 0.105. The first kappa shape index (κ1) is 32.3. The summed E-state index contributed by atoms with van der Waals surface area (Å²) in [6.45, 7) is 13.0. The van der Waals surface area contributed by atoms with Crippen molar-refractivity contribution in [1.29, 1.82) is 0 Å². The Hall–Kier alpha value is 0.0738. The Morgan fingerprint density at radius 2 is 1.23 bits per heavy atom. The fourth-order valence-electron chi connectivity index (χ4n) is 2.78. The average molecular weight is 471 g/mol. The Balaban J connectivity index is 0. The molecule has 184 valence electrons. The van der Waals surface area contributed by atoms with Gasteiger partial charge in [-0.05, 0) is 46.7 Å². The normalized spacial score (nSPS) is 12.0. The van der Waals surface area contributed by atoms with Crippen LogP contribution < -0.4 is 22.1 Å². The lowest BCUT2D eigenvalue weighted by molar-refractivity contribution is -0.0441. The van der Waals surface area contributed by atoms with E-state index >= 15 is 0 Å². The first-order valence-corrected chi connectivity index (χ1v) is 15.1. The molecular weight excluding hydrogens is 420 g/mol. The number of hydrogen-bond acceptors (Lipinski definition) is 9. The zero-order valence-corrected chi connectivity index (χ0v) is 22.6. The molecule has 0 atom stereocenters. The Kier molecular flexibility index (Phi) is 27.2. The molecule has 6 N–H and O–H groups in total. The Labute approximate surface area is 188 Å². The molecule has 11 heteroatoms. The van der Waals surface area contributed by atoms with E-state index in [1.165, 1.54) is 12.5 Å². The minimum atomic E-state index is -2.43. The molecule has 0 aliphatic rings. The molecule has 0 aliphatic heterocycles. The van der Waals surface area contributed by atoms with Gasteiger partial charge in [-0.3, -0.25) is 0 Å². The van der Waals surface area contributed by atoms with E-state index in [4.69, 9.17) is 34.2 Å². The van der Waals surface area contributed by atoms with Crippen molar-refractivity contribution in [3.05, 3.63) is 0 Å². The van der Waals surface area contributed by atoms with Crippen LogP contribution in [0, 0.1) is 0 Å². The predicted octanol–water partition coefficient (Wildman–Crippen LogP) is 0.0615. The molecule has 0 heterocycles. The third kappa shape index (κ3) is 20.0. The summed E-state index contributed by atoms with van der Waals surface area (Å²) in [7, 11) is 0.753. The molecule has 0 spiro atoms. The molecule has 0 aromatic carbocycles. The van der Waals surface area contributed by atoms with Crippen LogP contribution in [0.5, 0.6) is 0 Å². The van der Waals surface area contributed by atoms with Crippen LogP contribution in [-0.4, -0.2) is 97.5 Å². The maximum absolute atomic E-state index is 5.76. The van der Waals surface area contributed by atoms with E-state index < -0.39 is 8.80 Å². The van der Waals surface area contributed by atoms with E-state index in [0.717, 1.165) is 45.2 Å². The molecule has 0 radical (unpaired) electrons. The molecule has 0 amide bonds. The zero-order valence-electron chi connectivity index (χ0n) is 20.2. The van der Waals surface area contributed by atoms with Gasteiger partial charge in [-0.25, -0.2) is 0 Å². The Morgan fingerprint density at radius 3 is 1.63 bits per heavy atom. The third-order valence-electron chi connectivity index (χ3n) is 4.14. The summed E-state index contributed by atoms with van der Waals surface area (Å²) >= 11 is 0. The summed E-state index contributed by atoms with van der Waals surface area (Å²) in [6.07, 6.45) is 2.20. The van der Waals surface area contributed by atoms with Gasteiger partial charge in [0.25, 0.3) is 0 Å². The van der Waals surface area contributed by atoms with Gasteiger partial charge in [-0.15, -0.1) is 0 Å². The number of hydrogen-bond donors (Lipinski definition) is 4. The fourth-order valence-corrected chi connectivity index (χ4v) is 6.73. The Morgan fingerprint density at radius 1 is 0.767 bits per heavy atom. The first-order valence-electron chi connectivity index (χ1n) is 11.4. The second-order valence-corrected chi connectivity index (χ2v) is 11.2.